The molecular weight excluding hydrogens is 236 g/mol. The van der Waals surface area contributed by atoms with E-state index in [0.29, 0.717) is 11.0 Å². The van der Waals surface area contributed by atoms with Crippen molar-refractivity contribution >= 4 is 11.6 Å². The topological polar surface area (TPSA) is 35.0 Å². The minimum absolute atomic E-state index is 0.461. The van der Waals surface area contributed by atoms with Crippen molar-refractivity contribution < 1.29 is 4.74 Å². The quantitative estimate of drug-likeness (QED) is 0.726. The van der Waals surface area contributed by atoms with Gasteiger partial charge in [-0.1, -0.05) is 23.7 Å². The molecule has 0 bridgehead atoms. The second-order valence-electron chi connectivity index (χ2n) is 4.02. The monoisotopic (exact) mass is 246 g/mol. The predicted octanol–water partition coefficient (Wildman–Crippen LogP) is 3.04. The van der Waals surface area contributed by atoms with Crippen molar-refractivity contribution in [1.82, 2.24) is 9.97 Å². The summed E-state index contributed by atoms with van der Waals surface area (Å²) in [5, 5.41) is 0.461. The normalized spacial score (nSPS) is 13.3. The zero-order valence-electron chi connectivity index (χ0n) is 9.40. The average Bonchev–Trinajstić information content (AvgIpc) is 2.75. The fourth-order valence-corrected chi connectivity index (χ4v) is 2.31. The van der Waals surface area contributed by atoms with E-state index in [1.54, 1.807) is 6.07 Å². The van der Waals surface area contributed by atoms with Crippen LogP contribution in [-0.4, -0.2) is 16.6 Å². The van der Waals surface area contributed by atoms with Gasteiger partial charge in [0.25, 0.3) is 0 Å². The highest BCUT2D eigenvalue weighted by atomic mass is 35.5. The summed E-state index contributed by atoms with van der Waals surface area (Å²) >= 11 is 5.96. The predicted molar refractivity (Wildman–Crippen MR) is 66.4 cm³/mol. The lowest BCUT2D eigenvalue weighted by Crippen LogP contribution is -1.94. The van der Waals surface area contributed by atoms with Crippen LogP contribution >= 0.6 is 11.6 Å². The van der Waals surface area contributed by atoms with Gasteiger partial charge in [0.1, 0.15) is 16.7 Å². The van der Waals surface area contributed by atoms with Crippen LogP contribution in [0.25, 0.3) is 11.3 Å². The molecule has 0 N–H and O–H groups in total. The van der Waals surface area contributed by atoms with Crippen LogP contribution in [0.5, 0.6) is 5.75 Å². The molecule has 2 aromatic rings. The van der Waals surface area contributed by atoms with E-state index in [-0.39, 0.29) is 0 Å². The second-order valence-corrected chi connectivity index (χ2v) is 4.40. The van der Waals surface area contributed by atoms with Crippen LogP contribution in [0, 0.1) is 6.92 Å². The summed E-state index contributed by atoms with van der Waals surface area (Å²) in [6.07, 6.45) is 0.959. The molecule has 17 heavy (non-hydrogen) atoms. The van der Waals surface area contributed by atoms with Gasteiger partial charge in [0.2, 0.25) is 0 Å². The van der Waals surface area contributed by atoms with Crippen molar-refractivity contribution in [3.05, 3.63) is 40.8 Å². The molecule has 0 unspecified atom stereocenters. The summed E-state index contributed by atoms with van der Waals surface area (Å²) in [5.41, 5.74) is 3.04. The number of benzene rings is 1. The third-order valence-electron chi connectivity index (χ3n) is 2.80. The summed E-state index contributed by atoms with van der Waals surface area (Å²) < 4.78 is 5.66. The van der Waals surface area contributed by atoms with Crippen LogP contribution in [-0.2, 0) is 6.42 Å². The molecule has 0 saturated heterocycles. The van der Waals surface area contributed by atoms with Gasteiger partial charge in [-0.25, -0.2) is 9.97 Å². The van der Waals surface area contributed by atoms with Crippen molar-refractivity contribution in [1.29, 1.82) is 0 Å². The van der Waals surface area contributed by atoms with Gasteiger partial charge in [-0.15, -0.1) is 0 Å². The summed E-state index contributed by atoms with van der Waals surface area (Å²) in [5.74, 6) is 1.60. The van der Waals surface area contributed by atoms with E-state index in [9.17, 15) is 0 Å². The Hall–Kier alpha value is -1.61. The van der Waals surface area contributed by atoms with E-state index >= 15 is 0 Å². The Morgan fingerprint density at radius 3 is 3.00 bits per heavy atom. The van der Waals surface area contributed by atoms with Gasteiger partial charge in [0.15, 0.2) is 0 Å². The Morgan fingerprint density at radius 2 is 2.18 bits per heavy atom. The fraction of sp³-hybridized carbons (Fsp3) is 0.231. The van der Waals surface area contributed by atoms with Crippen molar-refractivity contribution in [2.24, 2.45) is 0 Å². The number of halogens is 1. The smallest absolute Gasteiger partial charge is 0.133 e. The maximum atomic E-state index is 5.96. The average molecular weight is 247 g/mol. The van der Waals surface area contributed by atoms with Gasteiger partial charge in [-0.2, -0.15) is 0 Å². The maximum Gasteiger partial charge on any atom is 0.133 e. The molecule has 0 amide bonds. The summed E-state index contributed by atoms with van der Waals surface area (Å²) in [6.45, 7) is 2.57. The number of rotatable bonds is 1. The molecule has 1 aromatic heterocycles. The maximum absolute atomic E-state index is 5.96. The first-order valence-electron chi connectivity index (χ1n) is 5.50. The molecule has 0 fully saturated rings. The Bertz CT molecular complexity index is 563. The summed E-state index contributed by atoms with van der Waals surface area (Å²) in [6, 6.07) is 7.88. The number of nitrogens with zero attached hydrogens (tertiary/aromatic N) is 2. The van der Waals surface area contributed by atoms with Gasteiger partial charge in [-0.05, 0) is 18.6 Å². The number of fused-ring (bicyclic) bond motifs is 1. The van der Waals surface area contributed by atoms with Gasteiger partial charge in [-0.3, -0.25) is 0 Å². The lowest BCUT2D eigenvalue weighted by molar-refractivity contribution is 0.358. The lowest BCUT2D eigenvalue weighted by Gasteiger charge is -2.08. The van der Waals surface area contributed by atoms with Crippen molar-refractivity contribution in [2.45, 2.75) is 13.3 Å². The lowest BCUT2D eigenvalue weighted by atomic mass is 10.1. The third kappa shape index (κ3) is 1.87. The first-order valence-corrected chi connectivity index (χ1v) is 5.88. The highest BCUT2D eigenvalue weighted by Gasteiger charge is 2.18. The van der Waals surface area contributed by atoms with Crippen molar-refractivity contribution in [3.63, 3.8) is 0 Å². The Morgan fingerprint density at radius 1 is 1.29 bits per heavy atom. The van der Waals surface area contributed by atoms with Crippen molar-refractivity contribution in [3.8, 4) is 17.0 Å². The highest BCUT2D eigenvalue weighted by molar-refractivity contribution is 6.29. The molecule has 0 saturated carbocycles. The molecule has 0 radical (unpaired) electrons. The molecule has 3 nitrogen and oxygen atoms in total. The van der Waals surface area contributed by atoms with E-state index in [4.69, 9.17) is 16.3 Å². The third-order valence-corrected chi connectivity index (χ3v) is 2.99. The van der Waals surface area contributed by atoms with E-state index < -0.39 is 0 Å². The molecule has 0 aliphatic carbocycles. The fourth-order valence-electron chi connectivity index (χ4n) is 2.09. The molecule has 3 rings (SSSR count). The highest BCUT2D eigenvalue weighted by Crippen LogP contribution is 2.36. The first kappa shape index (κ1) is 10.5. The van der Waals surface area contributed by atoms with Gasteiger partial charge >= 0.3 is 0 Å². The standard InChI is InChI=1S/C13H11ClN2O/c1-8-15-11(7-12(14)16-8)10-4-2-3-9-5-6-17-13(9)10/h2-4,7H,5-6H2,1H3. The van der Waals surface area contributed by atoms with Crippen LogP contribution in [0.4, 0.5) is 0 Å². The van der Waals surface area contributed by atoms with Crippen molar-refractivity contribution in [2.75, 3.05) is 6.61 Å². The molecule has 1 aliphatic heterocycles. The number of aromatic nitrogens is 2. The van der Waals surface area contributed by atoms with Crippen LogP contribution < -0.4 is 4.74 Å². The van der Waals surface area contributed by atoms with E-state index in [1.807, 2.05) is 19.1 Å². The zero-order chi connectivity index (χ0) is 11.8. The Balaban J connectivity index is 2.19. The Kier molecular flexibility index (Phi) is 2.48. The minimum Gasteiger partial charge on any atom is -0.492 e. The molecular formula is C13H11ClN2O. The second kappa shape index (κ2) is 4.00. The summed E-state index contributed by atoms with van der Waals surface area (Å²) in [4.78, 5) is 8.47. The molecule has 86 valence electrons. The molecule has 0 atom stereocenters. The van der Waals surface area contributed by atoms with Crippen LogP contribution in [0.2, 0.25) is 5.15 Å². The van der Waals surface area contributed by atoms with Crippen LogP contribution in [0.1, 0.15) is 11.4 Å². The molecule has 2 heterocycles. The minimum atomic E-state index is 0.461. The van der Waals surface area contributed by atoms with Gasteiger partial charge in [0.05, 0.1) is 12.3 Å². The SMILES string of the molecule is Cc1nc(Cl)cc(-c2cccc3c2OCC3)n1. The number of aryl methyl sites for hydroxylation is 1. The largest absolute Gasteiger partial charge is 0.492 e. The number of para-hydroxylation sites is 1. The molecule has 0 spiro atoms. The molecule has 1 aliphatic rings. The van der Waals surface area contributed by atoms with E-state index in [1.165, 1.54) is 5.56 Å². The molecule has 1 aromatic carbocycles. The zero-order valence-corrected chi connectivity index (χ0v) is 10.2. The number of hydrogen-bond donors (Lipinski definition) is 0. The molecule has 4 heteroatoms. The number of hydrogen-bond acceptors (Lipinski definition) is 3. The van der Waals surface area contributed by atoms with Gasteiger partial charge < -0.3 is 4.74 Å². The van der Waals surface area contributed by atoms with Crippen LogP contribution in [0.15, 0.2) is 24.3 Å². The number of ether oxygens (including phenoxy) is 1. The van der Waals surface area contributed by atoms with E-state index in [2.05, 4.69) is 16.0 Å². The van der Waals surface area contributed by atoms with Gasteiger partial charge in [0, 0.05) is 18.1 Å². The van der Waals surface area contributed by atoms with E-state index in [0.717, 1.165) is 30.0 Å². The Labute approximate surface area is 104 Å². The van der Waals surface area contributed by atoms with Crippen LogP contribution in [0.3, 0.4) is 0 Å². The first-order chi connectivity index (χ1) is 8.24. The summed E-state index contributed by atoms with van der Waals surface area (Å²) in [7, 11) is 0.